The van der Waals surface area contributed by atoms with Crippen molar-refractivity contribution >= 4 is 22.3 Å². The molecule has 0 bridgehead atoms. The van der Waals surface area contributed by atoms with Gasteiger partial charge in [0.1, 0.15) is 18.2 Å². The number of allylic oxidation sites excluding steroid dienone is 8. The van der Waals surface area contributed by atoms with Crippen LogP contribution in [0.25, 0.3) is 78.4 Å². The molecule has 0 saturated heterocycles. The zero-order valence-electron chi connectivity index (χ0n) is 44.5. The lowest BCUT2D eigenvalue weighted by molar-refractivity contribution is 0.368. The Hall–Kier alpha value is -9.51. The van der Waals surface area contributed by atoms with Crippen molar-refractivity contribution in [3.8, 4) is 61.9 Å². The van der Waals surface area contributed by atoms with Crippen molar-refractivity contribution < 1.29 is 4.74 Å². The van der Waals surface area contributed by atoms with E-state index in [9.17, 15) is 0 Å². The van der Waals surface area contributed by atoms with Crippen molar-refractivity contribution in [1.82, 2.24) is 15.0 Å². The summed E-state index contributed by atoms with van der Waals surface area (Å²) in [5.41, 5.74) is 21.5. The normalized spacial score (nSPS) is 16.0. The molecule has 0 N–H and O–H groups in total. The summed E-state index contributed by atoms with van der Waals surface area (Å²) in [6.07, 6.45) is 9.06. The molecule has 3 aliphatic rings. The van der Waals surface area contributed by atoms with Crippen LogP contribution in [0.2, 0.25) is 0 Å². The lowest BCUT2D eigenvalue weighted by Crippen LogP contribution is -2.27. The van der Waals surface area contributed by atoms with Crippen LogP contribution in [0.3, 0.4) is 0 Å². The molecular formula is C74H59N3O. The predicted molar refractivity (Wildman–Crippen MR) is 325 cm³/mol. The van der Waals surface area contributed by atoms with E-state index >= 15 is 0 Å². The molecule has 2 unspecified atom stereocenters. The van der Waals surface area contributed by atoms with E-state index in [-0.39, 0.29) is 5.92 Å². The summed E-state index contributed by atoms with van der Waals surface area (Å²) in [7, 11) is 0. The number of aromatic nitrogens is 3. The van der Waals surface area contributed by atoms with E-state index in [4.69, 9.17) is 19.7 Å². The first-order valence-electron chi connectivity index (χ1n) is 27.1. The second kappa shape index (κ2) is 21.3. The molecule has 9 aromatic carbocycles. The summed E-state index contributed by atoms with van der Waals surface area (Å²) < 4.78 is 6.79. The Labute approximate surface area is 458 Å². The Morgan fingerprint density at radius 3 is 1.65 bits per heavy atom. The summed E-state index contributed by atoms with van der Waals surface area (Å²) in [6, 6.07) is 81.8. The molecule has 1 spiro atoms. The summed E-state index contributed by atoms with van der Waals surface area (Å²) in [5, 5.41) is 0. The standard InChI is InChI=1S/C72H53N3O.C2H6/c1-47-36-39-66-63(46-76-68-35-21-18-30-59(47)68)61-32-17-20-34-65(61)72(66)64-33-19-16-31-60(64)62-38-37-54(45-67(62)72)70-73-69(49(3)41-55(51-24-10-5-11-25-51)40-48(2)50-22-8-4-9-23-50)74-71(75-70)58-43-56(52-26-12-6-13-27-52)42-57(44-58)53-28-14-7-15-29-53;1-2/h4-45,49H,1,46H2,2-3H3;1-2H3/b39-36-,48-40+,55-41+;. The fourth-order valence-electron chi connectivity index (χ4n) is 11.7. The van der Waals surface area contributed by atoms with E-state index in [1.54, 1.807) is 0 Å². The molecule has 0 radical (unpaired) electrons. The van der Waals surface area contributed by atoms with E-state index in [1.807, 2.05) is 32.0 Å². The Morgan fingerprint density at radius 2 is 1.00 bits per heavy atom. The van der Waals surface area contributed by atoms with Crippen molar-refractivity contribution in [3.05, 3.63) is 312 Å². The Kier molecular flexibility index (Phi) is 13.5. The highest BCUT2D eigenvalue weighted by Crippen LogP contribution is 2.63. The molecule has 10 aromatic rings. The molecule has 0 amide bonds. The number of benzene rings is 9. The van der Waals surface area contributed by atoms with Crippen LogP contribution in [0, 0.1) is 0 Å². The number of hydrogen-bond acceptors (Lipinski definition) is 4. The van der Waals surface area contributed by atoms with Crippen molar-refractivity contribution in [3.63, 3.8) is 0 Å². The molecule has 4 heteroatoms. The van der Waals surface area contributed by atoms with Crippen LogP contribution in [-0.4, -0.2) is 21.6 Å². The average molecular weight is 1010 g/mol. The smallest absolute Gasteiger partial charge is 0.163 e. The van der Waals surface area contributed by atoms with Gasteiger partial charge in [0.25, 0.3) is 0 Å². The van der Waals surface area contributed by atoms with Gasteiger partial charge in [-0.25, -0.2) is 15.0 Å². The van der Waals surface area contributed by atoms with Gasteiger partial charge < -0.3 is 4.74 Å². The fraction of sp³-hybridized carbons (Fsp3) is 0.0946. The molecule has 1 aromatic heterocycles. The van der Waals surface area contributed by atoms with Gasteiger partial charge in [-0.05, 0) is 126 Å². The number of para-hydroxylation sites is 1. The van der Waals surface area contributed by atoms with Gasteiger partial charge in [0.05, 0.1) is 5.41 Å². The number of rotatable bonds is 9. The van der Waals surface area contributed by atoms with Crippen molar-refractivity contribution in [2.75, 3.05) is 6.61 Å². The maximum absolute atomic E-state index is 6.79. The van der Waals surface area contributed by atoms with Crippen LogP contribution >= 0.6 is 0 Å². The monoisotopic (exact) mass is 1010 g/mol. The van der Waals surface area contributed by atoms with Crippen molar-refractivity contribution in [2.24, 2.45) is 0 Å². The molecule has 4 nitrogen and oxygen atoms in total. The van der Waals surface area contributed by atoms with E-state index < -0.39 is 5.41 Å². The van der Waals surface area contributed by atoms with E-state index in [1.165, 1.54) is 50.1 Å². The Morgan fingerprint density at radius 1 is 0.487 bits per heavy atom. The van der Waals surface area contributed by atoms with Crippen LogP contribution in [0.5, 0.6) is 5.75 Å². The van der Waals surface area contributed by atoms with Gasteiger partial charge in [-0.3, -0.25) is 0 Å². The minimum atomic E-state index is -0.665. The number of fused-ring (bicyclic) bond motifs is 10. The first kappa shape index (κ1) is 49.4. The average Bonchev–Trinajstić information content (AvgIpc) is 4.20. The molecule has 376 valence electrons. The second-order valence-electron chi connectivity index (χ2n) is 20.0. The number of hydrogen-bond donors (Lipinski definition) is 0. The van der Waals surface area contributed by atoms with Crippen LogP contribution in [0.1, 0.15) is 78.4 Å². The first-order valence-corrected chi connectivity index (χ1v) is 27.1. The lowest BCUT2D eigenvalue weighted by atomic mass is 9.69. The Balaban J connectivity index is 0.00000301. The number of nitrogens with zero attached hydrogens (tertiary/aromatic N) is 3. The molecular weight excluding hydrogens is 947 g/mol. The maximum atomic E-state index is 6.79. The minimum absolute atomic E-state index is 0.220. The van der Waals surface area contributed by atoms with Gasteiger partial charge in [0, 0.05) is 28.2 Å². The summed E-state index contributed by atoms with van der Waals surface area (Å²) in [4.78, 5) is 16.5. The van der Waals surface area contributed by atoms with E-state index in [0.29, 0.717) is 24.1 Å². The molecule has 2 heterocycles. The minimum Gasteiger partial charge on any atom is -0.488 e. The van der Waals surface area contributed by atoms with Gasteiger partial charge >= 0.3 is 0 Å². The van der Waals surface area contributed by atoms with Gasteiger partial charge in [-0.2, -0.15) is 0 Å². The summed E-state index contributed by atoms with van der Waals surface area (Å²) in [5.74, 6) is 2.50. The Bertz CT molecular complexity index is 3960. The van der Waals surface area contributed by atoms with Crippen LogP contribution in [-0.2, 0) is 5.41 Å². The fourth-order valence-corrected chi connectivity index (χ4v) is 11.7. The highest BCUT2D eigenvalue weighted by molar-refractivity contribution is 5.97. The van der Waals surface area contributed by atoms with Crippen LogP contribution in [0.15, 0.2) is 267 Å². The second-order valence-corrected chi connectivity index (χ2v) is 20.0. The topological polar surface area (TPSA) is 47.9 Å². The molecule has 0 fully saturated rings. The summed E-state index contributed by atoms with van der Waals surface area (Å²) in [6.45, 7) is 13.3. The van der Waals surface area contributed by atoms with E-state index in [0.717, 1.165) is 67.0 Å². The quantitative estimate of drug-likeness (QED) is 0.135. The molecule has 1 aliphatic heterocycles. The lowest BCUT2D eigenvalue weighted by Gasteiger charge is -2.32. The van der Waals surface area contributed by atoms with Crippen LogP contribution in [0.4, 0.5) is 0 Å². The molecule has 13 rings (SSSR count). The SMILES string of the molecule is C=C1/C=C\C2=C(COc3ccccc31)c1ccccc1C21c2ccccc2-c2ccc(-c3nc(-c4cc(-c5ccccc5)cc(-c5ccccc5)c4)nc(C(C)/C=C(\C=C(/C)c4ccccc4)c4ccccc4)n3)cc21.CC. The molecule has 78 heavy (non-hydrogen) atoms. The third kappa shape index (κ3) is 8.95. The van der Waals surface area contributed by atoms with Gasteiger partial charge in [0.2, 0.25) is 0 Å². The predicted octanol–water partition coefficient (Wildman–Crippen LogP) is 18.6. The van der Waals surface area contributed by atoms with Crippen molar-refractivity contribution in [1.29, 1.82) is 0 Å². The maximum Gasteiger partial charge on any atom is 0.163 e. The molecule has 2 aliphatic carbocycles. The molecule has 2 atom stereocenters. The van der Waals surface area contributed by atoms with E-state index in [2.05, 4.69) is 257 Å². The third-order valence-electron chi connectivity index (χ3n) is 15.3. The van der Waals surface area contributed by atoms with Gasteiger partial charge in [0.15, 0.2) is 11.6 Å². The van der Waals surface area contributed by atoms with Gasteiger partial charge in [-0.15, -0.1) is 0 Å². The third-order valence-corrected chi connectivity index (χ3v) is 15.3. The van der Waals surface area contributed by atoms with Crippen LogP contribution < -0.4 is 4.74 Å². The van der Waals surface area contributed by atoms with Gasteiger partial charge in [-0.1, -0.05) is 252 Å². The zero-order chi connectivity index (χ0) is 53.2. The first-order chi connectivity index (χ1) is 38.4. The highest BCUT2D eigenvalue weighted by Gasteiger charge is 2.52. The van der Waals surface area contributed by atoms with Crippen molar-refractivity contribution in [2.45, 2.75) is 39.0 Å². The highest BCUT2D eigenvalue weighted by atomic mass is 16.5. The largest absolute Gasteiger partial charge is 0.488 e. The number of ether oxygens (including phenoxy) is 1. The molecule has 0 saturated carbocycles. The zero-order valence-corrected chi connectivity index (χ0v) is 44.5. The summed E-state index contributed by atoms with van der Waals surface area (Å²) >= 11 is 0.